The fourth-order valence-corrected chi connectivity index (χ4v) is 1.44. The quantitative estimate of drug-likeness (QED) is 0.745. The highest BCUT2D eigenvalue weighted by Gasteiger charge is 2.14. The summed E-state index contributed by atoms with van der Waals surface area (Å²) in [6, 6.07) is 9.22. The van der Waals surface area contributed by atoms with Crippen LogP contribution in [0, 0.1) is 0 Å². The minimum atomic E-state index is -0.190. The summed E-state index contributed by atoms with van der Waals surface area (Å²) >= 11 is 11.2. The van der Waals surface area contributed by atoms with Crippen molar-refractivity contribution in [2.24, 2.45) is 0 Å². The van der Waals surface area contributed by atoms with Crippen LogP contribution in [0.1, 0.15) is 0 Å². The fourth-order valence-electron chi connectivity index (χ4n) is 1.18. The number of anilines is 1. The van der Waals surface area contributed by atoms with E-state index in [9.17, 15) is 4.79 Å². The number of hydrogen-bond donors (Lipinski definition) is 0. The van der Waals surface area contributed by atoms with Gasteiger partial charge in [0.25, 0.3) is 0 Å². The number of benzene rings is 1. The molecule has 1 rings (SSSR count). The van der Waals surface area contributed by atoms with Gasteiger partial charge in [0, 0.05) is 10.7 Å². The lowest BCUT2D eigenvalue weighted by Gasteiger charge is -2.21. The number of halogens is 2. The zero-order valence-corrected chi connectivity index (χ0v) is 9.63. The Hall–Kier alpha value is -0.990. The van der Waals surface area contributed by atoms with Crippen LogP contribution in [0.25, 0.3) is 0 Å². The van der Waals surface area contributed by atoms with Gasteiger partial charge in [0.05, 0.1) is 6.54 Å². The van der Waals surface area contributed by atoms with Crippen LogP contribution < -0.4 is 4.90 Å². The summed E-state index contributed by atoms with van der Waals surface area (Å²) in [6.07, 6.45) is 0. The predicted molar refractivity (Wildman–Crippen MR) is 64.5 cm³/mol. The molecule has 15 heavy (non-hydrogen) atoms. The van der Waals surface area contributed by atoms with Crippen molar-refractivity contribution in [1.29, 1.82) is 0 Å². The minimum Gasteiger partial charge on any atom is -0.306 e. The van der Waals surface area contributed by atoms with Gasteiger partial charge in [0.2, 0.25) is 5.91 Å². The number of carbonyl (C=O) groups is 1. The first-order valence-electron chi connectivity index (χ1n) is 4.40. The molecule has 1 amide bonds. The van der Waals surface area contributed by atoms with E-state index in [0.717, 1.165) is 5.69 Å². The van der Waals surface area contributed by atoms with E-state index < -0.39 is 0 Å². The predicted octanol–water partition coefficient (Wildman–Crippen LogP) is 3.01. The van der Waals surface area contributed by atoms with Crippen LogP contribution in [0.2, 0.25) is 0 Å². The van der Waals surface area contributed by atoms with Crippen molar-refractivity contribution in [3.63, 3.8) is 0 Å². The van der Waals surface area contributed by atoms with E-state index in [4.69, 9.17) is 23.2 Å². The van der Waals surface area contributed by atoms with Gasteiger partial charge in [-0.1, -0.05) is 36.4 Å². The molecule has 2 nitrogen and oxygen atoms in total. The monoisotopic (exact) mass is 243 g/mol. The van der Waals surface area contributed by atoms with Crippen molar-refractivity contribution in [3.05, 3.63) is 41.9 Å². The number of alkyl halides is 1. The van der Waals surface area contributed by atoms with Gasteiger partial charge in [-0.05, 0) is 12.1 Å². The van der Waals surface area contributed by atoms with E-state index in [1.54, 1.807) is 0 Å². The Morgan fingerprint density at radius 2 is 1.93 bits per heavy atom. The molecule has 0 aliphatic heterocycles. The van der Waals surface area contributed by atoms with Crippen LogP contribution >= 0.6 is 23.2 Å². The third kappa shape index (κ3) is 3.57. The Morgan fingerprint density at radius 1 is 1.33 bits per heavy atom. The van der Waals surface area contributed by atoms with E-state index in [0.29, 0.717) is 5.03 Å². The second-order valence-corrected chi connectivity index (χ2v) is 3.77. The Balaban J connectivity index is 2.91. The first-order chi connectivity index (χ1) is 7.15. The first kappa shape index (κ1) is 12.1. The van der Waals surface area contributed by atoms with Crippen molar-refractivity contribution in [2.75, 3.05) is 17.3 Å². The number of amides is 1. The fraction of sp³-hybridized carbons (Fsp3) is 0.182. The van der Waals surface area contributed by atoms with Gasteiger partial charge in [-0.25, -0.2) is 0 Å². The van der Waals surface area contributed by atoms with Crippen molar-refractivity contribution in [3.8, 4) is 0 Å². The van der Waals surface area contributed by atoms with E-state index in [-0.39, 0.29) is 18.3 Å². The molecule has 0 saturated heterocycles. The lowest BCUT2D eigenvalue weighted by molar-refractivity contribution is -0.116. The van der Waals surface area contributed by atoms with Gasteiger partial charge < -0.3 is 4.90 Å². The number of rotatable bonds is 4. The van der Waals surface area contributed by atoms with Crippen molar-refractivity contribution >= 4 is 34.8 Å². The van der Waals surface area contributed by atoms with E-state index in [2.05, 4.69) is 6.58 Å². The summed E-state index contributed by atoms with van der Waals surface area (Å²) in [6.45, 7) is 3.84. The molecule has 4 heteroatoms. The largest absolute Gasteiger partial charge is 0.306 e. The summed E-state index contributed by atoms with van der Waals surface area (Å²) in [7, 11) is 0. The van der Waals surface area contributed by atoms with E-state index >= 15 is 0 Å². The topological polar surface area (TPSA) is 20.3 Å². The highest BCUT2D eigenvalue weighted by atomic mass is 35.5. The summed E-state index contributed by atoms with van der Waals surface area (Å²) in [5, 5.41) is 0.400. The van der Waals surface area contributed by atoms with Crippen molar-refractivity contribution in [2.45, 2.75) is 0 Å². The molecule has 0 radical (unpaired) electrons. The van der Waals surface area contributed by atoms with Crippen LogP contribution in [0.15, 0.2) is 41.9 Å². The van der Waals surface area contributed by atoms with Gasteiger partial charge in [0.1, 0.15) is 5.88 Å². The maximum atomic E-state index is 11.5. The molecule has 0 fully saturated rings. The SMILES string of the molecule is C=C(Cl)CN(C(=O)CCl)c1ccccc1. The van der Waals surface area contributed by atoms with E-state index in [1.807, 2.05) is 30.3 Å². The highest BCUT2D eigenvalue weighted by molar-refractivity contribution is 6.31. The number of para-hydroxylation sites is 1. The lowest BCUT2D eigenvalue weighted by Crippen LogP contribution is -2.32. The summed E-state index contributed by atoms with van der Waals surface area (Å²) in [5.74, 6) is -0.260. The summed E-state index contributed by atoms with van der Waals surface area (Å²) in [4.78, 5) is 13.0. The molecule has 0 spiro atoms. The van der Waals surface area contributed by atoms with Crippen LogP contribution in [0.3, 0.4) is 0 Å². The second-order valence-electron chi connectivity index (χ2n) is 2.97. The van der Waals surface area contributed by atoms with Gasteiger partial charge in [-0.2, -0.15) is 0 Å². The zero-order valence-electron chi connectivity index (χ0n) is 8.12. The smallest absolute Gasteiger partial charge is 0.242 e. The standard InChI is InChI=1S/C11H11Cl2NO/c1-9(13)8-14(11(15)7-12)10-5-3-2-4-6-10/h2-6H,1,7-8H2. The van der Waals surface area contributed by atoms with Crippen LogP contribution in [0.5, 0.6) is 0 Å². The number of carbonyl (C=O) groups excluding carboxylic acids is 1. The van der Waals surface area contributed by atoms with Crippen LogP contribution in [0.4, 0.5) is 5.69 Å². The maximum absolute atomic E-state index is 11.5. The van der Waals surface area contributed by atoms with Crippen LogP contribution in [-0.2, 0) is 4.79 Å². The number of hydrogen-bond acceptors (Lipinski definition) is 1. The lowest BCUT2D eigenvalue weighted by atomic mass is 10.3. The van der Waals surface area contributed by atoms with Gasteiger partial charge in [-0.3, -0.25) is 4.79 Å². The Bertz CT molecular complexity index is 351. The molecule has 1 aromatic carbocycles. The van der Waals surface area contributed by atoms with E-state index in [1.165, 1.54) is 4.90 Å². The molecule has 0 atom stereocenters. The zero-order chi connectivity index (χ0) is 11.3. The van der Waals surface area contributed by atoms with Gasteiger partial charge >= 0.3 is 0 Å². The average Bonchev–Trinajstić information content (AvgIpc) is 2.26. The molecule has 1 aromatic rings. The minimum absolute atomic E-state index is 0.0704. The Morgan fingerprint density at radius 3 is 2.40 bits per heavy atom. The molecule has 0 N–H and O–H groups in total. The first-order valence-corrected chi connectivity index (χ1v) is 5.31. The van der Waals surface area contributed by atoms with Gasteiger partial charge in [-0.15, -0.1) is 11.6 Å². The third-order valence-corrected chi connectivity index (χ3v) is 2.16. The molecular weight excluding hydrogens is 233 g/mol. The molecule has 0 bridgehead atoms. The molecule has 0 aliphatic carbocycles. The van der Waals surface area contributed by atoms with Crippen molar-refractivity contribution < 1.29 is 4.79 Å². The number of nitrogens with zero attached hydrogens (tertiary/aromatic N) is 1. The molecular formula is C11H11Cl2NO. The Kier molecular flexibility index (Phi) is 4.66. The molecule has 0 heterocycles. The average molecular weight is 244 g/mol. The highest BCUT2D eigenvalue weighted by Crippen LogP contribution is 2.16. The van der Waals surface area contributed by atoms with Crippen LogP contribution in [-0.4, -0.2) is 18.3 Å². The Labute approximate surface area is 99.1 Å². The molecule has 80 valence electrons. The normalized spacial score (nSPS) is 9.73. The third-order valence-electron chi connectivity index (χ3n) is 1.81. The molecule has 0 aromatic heterocycles. The second kappa shape index (κ2) is 5.79. The molecule has 0 saturated carbocycles. The summed E-state index contributed by atoms with van der Waals surface area (Å²) < 4.78 is 0. The summed E-state index contributed by atoms with van der Waals surface area (Å²) in [5.41, 5.74) is 0.768. The van der Waals surface area contributed by atoms with Gasteiger partial charge in [0.15, 0.2) is 0 Å². The molecule has 0 aliphatic rings. The maximum Gasteiger partial charge on any atom is 0.242 e. The molecule has 0 unspecified atom stereocenters. The van der Waals surface area contributed by atoms with Crippen molar-refractivity contribution in [1.82, 2.24) is 0 Å².